The molecule has 0 saturated carbocycles. The van der Waals surface area contributed by atoms with Crippen LogP contribution in [-0.2, 0) is 17.8 Å². The number of hydrogen-bond acceptors (Lipinski definition) is 4. The van der Waals surface area contributed by atoms with Crippen molar-refractivity contribution in [2.24, 2.45) is 0 Å². The molecule has 2 heterocycles. The quantitative estimate of drug-likeness (QED) is 0.532. The van der Waals surface area contributed by atoms with Crippen LogP contribution in [0.5, 0.6) is 0 Å². The number of para-hydroxylation sites is 2. The number of hydrogen-bond donors (Lipinski definition) is 1. The number of benzene rings is 2. The Labute approximate surface area is 170 Å². The van der Waals surface area contributed by atoms with Crippen molar-refractivity contribution in [3.8, 4) is 0 Å². The molecular weight excluding hydrogens is 366 g/mol. The van der Waals surface area contributed by atoms with Crippen molar-refractivity contribution in [3.63, 3.8) is 0 Å². The fraction of sp³-hybridized carbons (Fsp3) is 0.391. The number of nitrogens with zero attached hydrogens (tertiary/aromatic N) is 2. The van der Waals surface area contributed by atoms with Gasteiger partial charge in [-0.15, -0.1) is 11.3 Å². The minimum absolute atomic E-state index is 0.109. The molecule has 0 aliphatic carbocycles. The Balaban J connectivity index is 1.24. The molecule has 2 aromatic carbocycles. The monoisotopic (exact) mass is 393 g/mol. The summed E-state index contributed by atoms with van der Waals surface area (Å²) in [6.45, 7) is 3.25. The van der Waals surface area contributed by atoms with Crippen molar-refractivity contribution in [1.29, 1.82) is 0 Å². The first-order chi connectivity index (χ1) is 13.8. The van der Waals surface area contributed by atoms with Crippen molar-refractivity contribution in [1.82, 2.24) is 9.88 Å². The predicted octanol–water partition coefficient (Wildman–Crippen LogP) is 5.24. The summed E-state index contributed by atoms with van der Waals surface area (Å²) < 4.78 is 1.24. The summed E-state index contributed by atoms with van der Waals surface area (Å²) in [6, 6.07) is 16.4. The molecular formula is C23H27N3OS. The molecule has 0 radical (unpaired) electrons. The van der Waals surface area contributed by atoms with Gasteiger partial charge in [0.1, 0.15) is 0 Å². The third-order valence-electron chi connectivity index (χ3n) is 5.27. The minimum Gasteiger partial charge on any atom is -0.326 e. The molecule has 1 aromatic heterocycles. The van der Waals surface area contributed by atoms with Crippen LogP contribution in [-0.4, -0.2) is 28.9 Å². The molecule has 0 unspecified atom stereocenters. The third kappa shape index (κ3) is 4.97. The molecule has 1 amide bonds. The highest BCUT2D eigenvalue weighted by atomic mass is 32.1. The van der Waals surface area contributed by atoms with Crippen molar-refractivity contribution < 1.29 is 4.79 Å². The van der Waals surface area contributed by atoms with E-state index in [0.717, 1.165) is 55.1 Å². The number of thiazole rings is 1. The van der Waals surface area contributed by atoms with Crippen molar-refractivity contribution in [2.75, 3.05) is 18.4 Å². The van der Waals surface area contributed by atoms with Crippen LogP contribution >= 0.6 is 11.3 Å². The maximum atomic E-state index is 12.4. The zero-order valence-corrected chi connectivity index (χ0v) is 17.0. The Hall–Kier alpha value is -2.24. The van der Waals surface area contributed by atoms with Gasteiger partial charge in [-0.3, -0.25) is 9.69 Å². The molecule has 0 bridgehead atoms. The lowest BCUT2D eigenvalue weighted by atomic mass is 10.1. The molecule has 1 fully saturated rings. The van der Waals surface area contributed by atoms with E-state index in [9.17, 15) is 4.79 Å². The number of aromatic nitrogens is 1. The van der Waals surface area contributed by atoms with Crippen LogP contribution in [0.25, 0.3) is 10.2 Å². The second kappa shape index (κ2) is 9.30. The summed E-state index contributed by atoms with van der Waals surface area (Å²) in [4.78, 5) is 19.5. The SMILES string of the molecule is O=C(CCCCc1nc2ccccc2s1)Nc1ccccc1CN1CCCC1. The van der Waals surface area contributed by atoms with Gasteiger partial charge in [0.2, 0.25) is 5.91 Å². The molecule has 1 aliphatic rings. The van der Waals surface area contributed by atoms with Crippen molar-refractivity contribution >= 4 is 33.1 Å². The van der Waals surface area contributed by atoms with E-state index in [1.165, 1.54) is 23.1 Å². The first kappa shape index (κ1) is 19.1. The fourth-order valence-electron chi connectivity index (χ4n) is 3.76. The molecule has 0 spiro atoms. The van der Waals surface area contributed by atoms with E-state index in [-0.39, 0.29) is 5.91 Å². The van der Waals surface area contributed by atoms with Gasteiger partial charge in [0.05, 0.1) is 15.2 Å². The zero-order valence-electron chi connectivity index (χ0n) is 16.2. The summed E-state index contributed by atoms with van der Waals surface area (Å²) in [5, 5.41) is 4.29. The van der Waals surface area contributed by atoms with Crippen LogP contribution in [0.1, 0.15) is 42.7 Å². The van der Waals surface area contributed by atoms with Crippen LogP contribution in [0.3, 0.4) is 0 Å². The minimum atomic E-state index is 0.109. The molecule has 28 heavy (non-hydrogen) atoms. The lowest BCUT2D eigenvalue weighted by molar-refractivity contribution is -0.116. The number of rotatable bonds is 8. The number of nitrogens with one attached hydrogen (secondary N) is 1. The predicted molar refractivity (Wildman–Crippen MR) is 117 cm³/mol. The molecule has 0 atom stereocenters. The number of carbonyl (C=O) groups is 1. The molecule has 5 heteroatoms. The number of aryl methyl sites for hydroxylation is 1. The fourth-order valence-corrected chi connectivity index (χ4v) is 4.77. The van der Waals surface area contributed by atoms with Crippen LogP contribution in [0.4, 0.5) is 5.69 Å². The number of fused-ring (bicyclic) bond motifs is 1. The molecule has 4 nitrogen and oxygen atoms in total. The largest absolute Gasteiger partial charge is 0.326 e. The number of likely N-dealkylation sites (tertiary alicyclic amines) is 1. The second-order valence-corrected chi connectivity index (χ2v) is 8.59. The van der Waals surface area contributed by atoms with Crippen molar-refractivity contribution in [3.05, 3.63) is 59.1 Å². The molecule has 1 saturated heterocycles. The lowest BCUT2D eigenvalue weighted by Crippen LogP contribution is -2.20. The molecule has 146 valence electrons. The van der Waals surface area contributed by atoms with Gasteiger partial charge in [0.15, 0.2) is 0 Å². The zero-order chi connectivity index (χ0) is 19.2. The summed E-state index contributed by atoms with van der Waals surface area (Å²) in [5.41, 5.74) is 3.26. The Kier molecular flexibility index (Phi) is 6.34. The van der Waals surface area contributed by atoms with E-state index in [0.29, 0.717) is 6.42 Å². The number of unbranched alkanes of at least 4 members (excludes halogenated alkanes) is 1. The number of anilines is 1. The van der Waals surface area contributed by atoms with Gasteiger partial charge >= 0.3 is 0 Å². The average molecular weight is 394 g/mol. The maximum absolute atomic E-state index is 12.4. The number of carbonyl (C=O) groups excluding carboxylic acids is 1. The molecule has 1 aliphatic heterocycles. The van der Waals surface area contributed by atoms with Crippen molar-refractivity contribution in [2.45, 2.75) is 45.1 Å². The van der Waals surface area contributed by atoms with Gasteiger partial charge < -0.3 is 5.32 Å². The highest BCUT2D eigenvalue weighted by Gasteiger charge is 2.14. The van der Waals surface area contributed by atoms with Gasteiger partial charge in [-0.1, -0.05) is 30.3 Å². The summed E-state index contributed by atoms with van der Waals surface area (Å²) in [7, 11) is 0. The summed E-state index contributed by atoms with van der Waals surface area (Å²) >= 11 is 1.76. The second-order valence-electron chi connectivity index (χ2n) is 7.47. The number of amides is 1. The van der Waals surface area contributed by atoms with E-state index in [1.807, 2.05) is 18.2 Å². The molecule has 1 N–H and O–H groups in total. The van der Waals surface area contributed by atoms with E-state index in [4.69, 9.17) is 0 Å². The summed E-state index contributed by atoms with van der Waals surface area (Å²) in [5.74, 6) is 0.109. The standard InChI is InChI=1S/C23H27N3OS/c27-22(13-5-6-14-23-25-20-11-3-4-12-21(20)28-23)24-19-10-2-1-9-18(19)17-26-15-7-8-16-26/h1-4,9-12H,5-8,13-17H2,(H,24,27). The van der Waals surface area contributed by atoms with Gasteiger partial charge in [0.25, 0.3) is 0 Å². The van der Waals surface area contributed by atoms with Crippen LogP contribution < -0.4 is 5.32 Å². The first-order valence-corrected chi connectivity index (χ1v) is 11.0. The van der Waals surface area contributed by atoms with Crippen LogP contribution in [0.15, 0.2) is 48.5 Å². The molecule has 4 rings (SSSR count). The van der Waals surface area contributed by atoms with Crippen LogP contribution in [0, 0.1) is 0 Å². The van der Waals surface area contributed by atoms with E-state index >= 15 is 0 Å². The highest BCUT2D eigenvalue weighted by molar-refractivity contribution is 7.18. The smallest absolute Gasteiger partial charge is 0.224 e. The highest BCUT2D eigenvalue weighted by Crippen LogP contribution is 2.23. The maximum Gasteiger partial charge on any atom is 0.224 e. The first-order valence-electron chi connectivity index (χ1n) is 10.2. The Morgan fingerprint density at radius 2 is 1.82 bits per heavy atom. The van der Waals surface area contributed by atoms with Gasteiger partial charge in [-0.05, 0) is 69.0 Å². The normalized spacial score (nSPS) is 14.6. The van der Waals surface area contributed by atoms with Gasteiger partial charge in [-0.2, -0.15) is 0 Å². The van der Waals surface area contributed by atoms with Gasteiger partial charge in [0, 0.05) is 18.7 Å². The van der Waals surface area contributed by atoms with Gasteiger partial charge in [-0.25, -0.2) is 4.98 Å². The van der Waals surface area contributed by atoms with E-state index in [2.05, 4.69) is 45.5 Å². The topological polar surface area (TPSA) is 45.2 Å². The average Bonchev–Trinajstić information content (AvgIpc) is 3.36. The summed E-state index contributed by atoms with van der Waals surface area (Å²) in [6.07, 6.45) is 5.94. The Bertz CT molecular complexity index is 897. The van der Waals surface area contributed by atoms with E-state index in [1.54, 1.807) is 11.3 Å². The van der Waals surface area contributed by atoms with E-state index < -0.39 is 0 Å². The lowest BCUT2D eigenvalue weighted by Gasteiger charge is -2.17. The Morgan fingerprint density at radius 1 is 1.04 bits per heavy atom. The molecule has 3 aromatic rings. The van der Waals surface area contributed by atoms with Crippen LogP contribution in [0.2, 0.25) is 0 Å². The third-order valence-corrected chi connectivity index (χ3v) is 6.36. The Morgan fingerprint density at radius 3 is 2.68 bits per heavy atom.